The summed E-state index contributed by atoms with van der Waals surface area (Å²) in [7, 11) is 0. The standard InChI is InChI=1S/C13H24N2O3/c1-3-6-10(11(16)17)15-12(18)14-9-13(4-2)7-5-8-13/h10H,3-9H2,1-2H3,(H,16,17)(H2,14,15,18)/t10-/m1/s1. The summed E-state index contributed by atoms with van der Waals surface area (Å²) < 4.78 is 0. The third-order valence-corrected chi connectivity index (χ3v) is 3.97. The van der Waals surface area contributed by atoms with Gasteiger partial charge in [-0.15, -0.1) is 0 Å². The summed E-state index contributed by atoms with van der Waals surface area (Å²) in [6.07, 6.45) is 5.79. The summed E-state index contributed by atoms with van der Waals surface area (Å²) in [6.45, 7) is 4.68. The molecule has 0 aliphatic heterocycles. The number of nitrogens with one attached hydrogen (secondary N) is 2. The number of aliphatic carboxylic acids is 1. The molecule has 104 valence electrons. The zero-order valence-corrected chi connectivity index (χ0v) is 11.3. The van der Waals surface area contributed by atoms with E-state index >= 15 is 0 Å². The molecule has 1 aliphatic carbocycles. The maximum absolute atomic E-state index is 11.6. The van der Waals surface area contributed by atoms with Gasteiger partial charge in [-0.3, -0.25) is 0 Å². The van der Waals surface area contributed by atoms with E-state index in [9.17, 15) is 9.59 Å². The van der Waals surface area contributed by atoms with Gasteiger partial charge in [-0.05, 0) is 31.1 Å². The van der Waals surface area contributed by atoms with Crippen molar-refractivity contribution in [2.75, 3.05) is 6.54 Å². The first kappa shape index (κ1) is 14.8. The van der Waals surface area contributed by atoms with Crippen LogP contribution >= 0.6 is 0 Å². The first-order chi connectivity index (χ1) is 8.53. The average molecular weight is 256 g/mol. The molecule has 0 aromatic rings. The molecule has 3 N–H and O–H groups in total. The van der Waals surface area contributed by atoms with Crippen LogP contribution in [0.3, 0.4) is 0 Å². The van der Waals surface area contributed by atoms with E-state index in [4.69, 9.17) is 5.11 Å². The number of carboxylic acids is 1. The molecule has 1 aliphatic rings. The van der Waals surface area contributed by atoms with Crippen molar-refractivity contribution in [3.05, 3.63) is 0 Å². The third kappa shape index (κ3) is 3.89. The van der Waals surface area contributed by atoms with Crippen LogP contribution in [0.5, 0.6) is 0 Å². The second-order valence-electron chi connectivity index (χ2n) is 5.21. The van der Waals surface area contributed by atoms with Gasteiger partial charge in [-0.1, -0.05) is 26.7 Å². The molecular formula is C13H24N2O3. The highest BCUT2D eigenvalue weighted by molar-refractivity contribution is 5.82. The van der Waals surface area contributed by atoms with Crippen molar-refractivity contribution < 1.29 is 14.7 Å². The number of carbonyl (C=O) groups excluding carboxylic acids is 1. The smallest absolute Gasteiger partial charge is 0.326 e. The van der Waals surface area contributed by atoms with E-state index in [1.165, 1.54) is 6.42 Å². The molecule has 0 spiro atoms. The van der Waals surface area contributed by atoms with Crippen molar-refractivity contribution in [3.8, 4) is 0 Å². The maximum Gasteiger partial charge on any atom is 0.326 e. The molecule has 0 aromatic heterocycles. The maximum atomic E-state index is 11.6. The molecule has 1 fully saturated rings. The van der Waals surface area contributed by atoms with E-state index in [1.807, 2.05) is 6.92 Å². The predicted octanol–water partition coefficient (Wildman–Crippen LogP) is 2.12. The molecule has 0 aromatic carbocycles. The van der Waals surface area contributed by atoms with Gasteiger partial charge in [0.25, 0.3) is 0 Å². The lowest BCUT2D eigenvalue weighted by atomic mass is 9.67. The van der Waals surface area contributed by atoms with Gasteiger partial charge < -0.3 is 15.7 Å². The number of amides is 2. The second-order valence-corrected chi connectivity index (χ2v) is 5.21. The lowest BCUT2D eigenvalue weighted by molar-refractivity contribution is -0.139. The molecule has 0 bridgehead atoms. The van der Waals surface area contributed by atoms with Crippen molar-refractivity contribution in [2.45, 2.75) is 58.4 Å². The Balaban J connectivity index is 2.33. The van der Waals surface area contributed by atoms with E-state index in [0.717, 1.165) is 25.7 Å². The highest BCUT2D eigenvalue weighted by Crippen LogP contribution is 2.42. The minimum Gasteiger partial charge on any atom is -0.480 e. The Labute approximate surface area is 108 Å². The molecule has 18 heavy (non-hydrogen) atoms. The fourth-order valence-electron chi connectivity index (χ4n) is 2.36. The number of carboxylic acid groups (broad SMARTS) is 1. The van der Waals surface area contributed by atoms with Gasteiger partial charge in [0.2, 0.25) is 0 Å². The van der Waals surface area contributed by atoms with Crippen molar-refractivity contribution in [3.63, 3.8) is 0 Å². The Morgan fingerprint density at radius 3 is 2.39 bits per heavy atom. The zero-order chi connectivity index (χ0) is 13.6. The van der Waals surface area contributed by atoms with Gasteiger partial charge in [-0.2, -0.15) is 0 Å². The Morgan fingerprint density at radius 1 is 1.33 bits per heavy atom. The van der Waals surface area contributed by atoms with Crippen molar-refractivity contribution >= 4 is 12.0 Å². The molecule has 1 rings (SSSR count). The zero-order valence-electron chi connectivity index (χ0n) is 11.3. The highest BCUT2D eigenvalue weighted by atomic mass is 16.4. The van der Waals surface area contributed by atoms with Gasteiger partial charge in [0.1, 0.15) is 6.04 Å². The SMILES string of the molecule is CCC[C@@H](NC(=O)NCC1(CC)CCC1)C(=O)O. The van der Waals surface area contributed by atoms with Gasteiger partial charge in [-0.25, -0.2) is 9.59 Å². The van der Waals surface area contributed by atoms with Crippen LogP contribution in [0.25, 0.3) is 0 Å². The molecule has 0 saturated heterocycles. The lowest BCUT2D eigenvalue weighted by Gasteiger charge is -2.41. The average Bonchev–Trinajstić information content (AvgIpc) is 2.27. The molecule has 5 heteroatoms. The van der Waals surface area contributed by atoms with Crippen LogP contribution in [0.4, 0.5) is 4.79 Å². The van der Waals surface area contributed by atoms with Gasteiger partial charge >= 0.3 is 12.0 Å². The molecule has 0 radical (unpaired) electrons. The van der Waals surface area contributed by atoms with E-state index in [2.05, 4.69) is 17.6 Å². The topological polar surface area (TPSA) is 78.4 Å². The van der Waals surface area contributed by atoms with Gasteiger partial charge in [0, 0.05) is 6.54 Å². The molecular weight excluding hydrogens is 232 g/mol. The minimum absolute atomic E-state index is 0.251. The summed E-state index contributed by atoms with van der Waals surface area (Å²) in [6, 6.07) is -1.15. The van der Waals surface area contributed by atoms with Crippen molar-refractivity contribution in [1.29, 1.82) is 0 Å². The monoisotopic (exact) mass is 256 g/mol. The van der Waals surface area contributed by atoms with E-state index in [0.29, 0.717) is 13.0 Å². The molecule has 1 atom stereocenters. The Kier molecular flexibility index (Phi) is 5.44. The van der Waals surface area contributed by atoms with E-state index < -0.39 is 12.0 Å². The lowest BCUT2D eigenvalue weighted by Crippen LogP contribution is -2.49. The van der Waals surface area contributed by atoms with Crippen LogP contribution in [0.1, 0.15) is 52.4 Å². The first-order valence-electron chi connectivity index (χ1n) is 6.80. The van der Waals surface area contributed by atoms with Crippen LogP contribution in [0, 0.1) is 5.41 Å². The van der Waals surface area contributed by atoms with Crippen LogP contribution in [-0.2, 0) is 4.79 Å². The Hall–Kier alpha value is -1.26. The van der Waals surface area contributed by atoms with Gasteiger partial charge in [0.05, 0.1) is 0 Å². The number of hydrogen-bond acceptors (Lipinski definition) is 2. The number of rotatable bonds is 7. The van der Waals surface area contributed by atoms with Crippen molar-refractivity contribution in [2.24, 2.45) is 5.41 Å². The fourth-order valence-corrected chi connectivity index (χ4v) is 2.36. The summed E-state index contributed by atoms with van der Waals surface area (Å²) >= 11 is 0. The quantitative estimate of drug-likeness (QED) is 0.653. The van der Waals surface area contributed by atoms with Crippen LogP contribution in [0.2, 0.25) is 0 Å². The van der Waals surface area contributed by atoms with Crippen LogP contribution < -0.4 is 10.6 Å². The Bertz CT molecular complexity index is 295. The number of urea groups is 1. The minimum atomic E-state index is -0.971. The first-order valence-corrected chi connectivity index (χ1v) is 6.80. The predicted molar refractivity (Wildman–Crippen MR) is 69.4 cm³/mol. The van der Waals surface area contributed by atoms with E-state index in [-0.39, 0.29) is 11.4 Å². The van der Waals surface area contributed by atoms with Crippen LogP contribution in [0.15, 0.2) is 0 Å². The summed E-state index contributed by atoms with van der Waals surface area (Å²) in [5, 5.41) is 14.3. The van der Waals surface area contributed by atoms with E-state index in [1.54, 1.807) is 0 Å². The summed E-state index contributed by atoms with van der Waals surface area (Å²) in [5.74, 6) is -0.971. The summed E-state index contributed by atoms with van der Waals surface area (Å²) in [4.78, 5) is 22.6. The molecule has 5 nitrogen and oxygen atoms in total. The normalized spacial score (nSPS) is 18.6. The largest absolute Gasteiger partial charge is 0.480 e. The third-order valence-electron chi connectivity index (χ3n) is 3.97. The molecule has 1 saturated carbocycles. The molecule has 0 heterocycles. The Morgan fingerprint density at radius 2 is 2.00 bits per heavy atom. The molecule has 0 unspecified atom stereocenters. The number of carbonyl (C=O) groups is 2. The van der Waals surface area contributed by atoms with Crippen molar-refractivity contribution in [1.82, 2.24) is 10.6 Å². The molecule has 2 amide bonds. The second kappa shape index (κ2) is 6.61. The number of hydrogen-bond donors (Lipinski definition) is 3. The summed E-state index contributed by atoms with van der Waals surface area (Å²) in [5.41, 5.74) is 0.251. The van der Waals surface area contributed by atoms with Crippen LogP contribution in [-0.4, -0.2) is 29.7 Å². The highest BCUT2D eigenvalue weighted by Gasteiger charge is 2.35. The fraction of sp³-hybridized carbons (Fsp3) is 0.846. The van der Waals surface area contributed by atoms with Gasteiger partial charge in [0.15, 0.2) is 0 Å².